The number of carbonyl (C=O) groups excluding carboxylic acids is 2. The minimum atomic E-state index is -0.601. The van der Waals surface area contributed by atoms with Crippen molar-refractivity contribution in [1.82, 2.24) is 4.98 Å². The Bertz CT molecular complexity index is 981. The first-order valence-corrected chi connectivity index (χ1v) is 8.82. The molecule has 0 fully saturated rings. The molecule has 6 nitrogen and oxygen atoms in total. The molecule has 132 valence electrons. The molecule has 1 aromatic heterocycles. The Balaban J connectivity index is 1.75. The van der Waals surface area contributed by atoms with Gasteiger partial charge >= 0.3 is 0 Å². The number of hydrogen-bond donors (Lipinski definition) is 3. The fraction of sp³-hybridized carbons (Fsp3) is 0.105. The molecule has 2 amide bonds. The van der Waals surface area contributed by atoms with E-state index in [1.807, 2.05) is 26.0 Å². The second-order valence-corrected chi connectivity index (χ2v) is 6.70. The highest BCUT2D eigenvalue weighted by molar-refractivity contribution is 7.14. The number of aryl methyl sites for hydroxylation is 2. The van der Waals surface area contributed by atoms with Crippen molar-refractivity contribution < 1.29 is 9.59 Å². The summed E-state index contributed by atoms with van der Waals surface area (Å²) >= 11 is 1.33. The first-order valence-electron chi connectivity index (χ1n) is 7.94. The molecule has 7 heteroatoms. The van der Waals surface area contributed by atoms with Crippen molar-refractivity contribution in [2.24, 2.45) is 5.73 Å². The van der Waals surface area contributed by atoms with Crippen LogP contribution in [-0.4, -0.2) is 16.8 Å². The molecule has 0 saturated heterocycles. The summed E-state index contributed by atoms with van der Waals surface area (Å²) in [6.45, 7) is 4.05. The second-order valence-electron chi connectivity index (χ2n) is 5.85. The number of para-hydroxylation sites is 1. The van der Waals surface area contributed by atoms with Crippen LogP contribution in [0.5, 0.6) is 0 Å². The van der Waals surface area contributed by atoms with Gasteiger partial charge in [-0.15, -0.1) is 11.3 Å². The zero-order valence-corrected chi connectivity index (χ0v) is 15.2. The topological polar surface area (TPSA) is 97.1 Å². The summed E-state index contributed by atoms with van der Waals surface area (Å²) in [6.07, 6.45) is 0. The molecule has 1 heterocycles. The van der Waals surface area contributed by atoms with Gasteiger partial charge in [0.25, 0.3) is 11.8 Å². The lowest BCUT2D eigenvalue weighted by atomic mass is 10.1. The molecule has 0 atom stereocenters. The van der Waals surface area contributed by atoms with Gasteiger partial charge in [0.05, 0.1) is 11.3 Å². The quantitative estimate of drug-likeness (QED) is 0.639. The molecular weight excluding hydrogens is 348 g/mol. The Kier molecular flexibility index (Phi) is 4.99. The number of hydrogen-bond acceptors (Lipinski definition) is 5. The number of primary amides is 1. The van der Waals surface area contributed by atoms with Crippen LogP contribution in [-0.2, 0) is 0 Å². The first kappa shape index (κ1) is 17.6. The van der Waals surface area contributed by atoms with Crippen LogP contribution in [0.15, 0.2) is 47.8 Å². The highest BCUT2D eigenvalue weighted by Crippen LogP contribution is 2.25. The maximum atomic E-state index is 12.4. The van der Waals surface area contributed by atoms with Crippen molar-refractivity contribution in [1.29, 1.82) is 0 Å². The van der Waals surface area contributed by atoms with E-state index < -0.39 is 11.8 Å². The fourth-order valence-electron chi connectivity index (χ4n) is 2.50. The van der Waals surface area contributed by atoms with E-state index in [0.717, 1.165) is 11.3 Å². The summed E-state index contributed by atoms with van der Waals surface area (Å²) in [6, 6.07) is 12.7. The Hall–Kier alpha value is -3.19. The van der Waals surface area contributed by atoms with Crippen molar-refractivity contribution in [2.45, 2.75) is 13.8 Å². The van der Waals surface area contributed by atoms with Crippen LogP contribution in [0.4, 0.5) is 16.5 Å². The zero-order chi connectivity index (χ0) is 18.7. The third-order valence-electron chi connectivity index (χ3n) is 3.80. The third-order valence-corrected chi connectivity index (χ3v) is 4.56. The Morgan fingerprint density at radius 3 is 2.58 bits per heavy atom. The van der Waals surface area contributed by atoms with E-state index in [4.69, 9.17) is 5.73 Å². The number of anilines is 3. The van der Waals surface area contributed by atoms with Gasteiger partial charge in [0, 0.05) is 11.1 Å². The minimum absolute atomic E-state index is 0.254. The Morgan fingerprint density at radius 2 is 1.85 bits per heavy atom. The third kappa shape index (κ3) is 3.89. The van der Waals surface area contributed by atoms with E-state index in [1.165, 1.54) is 16.9 Å². The van der Waals surface area contributed by atoms with Gasteiger partial charge in [-0.25, -0.2) is 4.98 Å². The molecular formula is C19H18N4O2S. The van der Waals surface area contributed by atoms with Crippen molar-refractivity contribution >= 4 is 39.7 Å². The molecule has 0 spiro atoms. The van der Waals surface area contributed by atoms with Gasteiger partial charge in [-0.05, 0) is 37.6 Å². The highest BCUT2D eigenvalue weighted by atomic mass is 32.1. The standard InChI is InChI=1S/C19H18N4O2S/c1-11-7-8-14(12(2)9-11)22-19-23-16(10-26-19)18(25)21-15-6-4-3-5-13(15)17(20)24/h3-10H,1-2H3,(H2,20,24)(H,21,25)(H,22,23). The van der Waals surface area contributed by atoms with E-state index in [0.29, 0.717) is 10.8 Å². The largest absolute Gasteiger partial charge is 0.366 e. The minimum Gasteiger partial charge on any atom is -0.366 e. The summed E-state index contributed by atoms with van der Waals surface area (Å²) in [7, 11) is 0. The lowest BCUT2D eigenvalue weighted by Gasteiger charge is -2.08. The van der Waals surface area contributed by atoms with E-state index in [9.17, 15) is 9.59 Å². The zero-order valence-electron chi connectivity index (χ0n) is 14.4. The maximum absolute atomic E-state index is 12.4. The fourth-order valence-corrected chi connectivity index (χ4v) is 3.20. The number of aromatic nitrogens is 1. The Morgan fingerprint density at radius 1 is 1.08 bits per heavy atom. The molecule has 0 bridgehead atoms. The number of thiazole rings is 1. The molecule has 0 unspecified atom stereocenters. The van der Waals surface area contributed by atoms with Gasteiger partial charge in [0.15, 0.2) is 5.13 Å². The number of nitrogens with one attached hydrogen (secondary N) is 2. The van der Waals surface area contributed by atoms with Gasteiger partial charge in [0.2, 0.25) is 0 Å². The van der Waals surface area contributed by atoms with E-state index >= 15 is 0 Å². The number of benzene rings is 2. The normalized spacial score (nSPS) is 10.4. The molecule has 0 aliphatic heterocycles. The van der Waals surface area contributed by atoms with Gasteiger partial charge < -0.3 is 16.4 Å². The molecule has 4 N–H and O–H groups in total. The molecule has 2 aromatic carbocycles. The van der Waals surface area contributed by atoms with Gasteiger partial charge in [-0.3, -0.25) is 9.59 Å². The monoisotopic (exact) mass is 366 g/mol. The van der Waals surface area contributed by atoms with Crippen molar-refractivity contribution in [3.63, 3.8) is 0 Å². The van der Waals surface area contributed by atoms with Gasteiger partial charge in [-0.1, -0.05) is 29.8 Å². The maximum Gasteiger partial charge on any atom is 0.275 e. The van der Waals surface area contributed by atoms with E-state index in [2.05, 4.69) is 21.7 Å². The average Bonchev–Trinajstić information content (AvgIpc) is 3.06. The van der Waals surface area contributed by atoms with E-state index in [1.54, 1.807) is 29.6 Å². The number of nitrogens with zero attached hydrogens (tertiary/aromatic N) is 1. The summed E-state index contributed by atoms with van der Waals surface area (Å²) < 4.78 is 0. The van der Waals surface area contributed by atoms with Gasteiger partial charge in [0.1, 0.15) is 5.69 Å². The Labute approximate surface area is 155 Å². The van der Waals surface area contributed by atoms with E-state index in [-0.39, 0.29) is 11.3 Å². The number of nitrogens with two attached hydrogens (primary N) is 1. The second kappa shape index (κ2) is 7.37. The average molecular weight is 366 g/mol. The van der Waals surface area contributed by atoms with Crippen molar-refractivity contribution in [3.8, 4) is 0 Å². The lowest BCUT2D eigenvalue weighted by Crippen LogP contribution is -2.18. The SMILES string of the molecule is Cc1ccc(Nc2nc(C(=O)Nc3ccccc3C(N)=O)cs2)c(C)c1. The number of amides is 2. The smallest absolute Gasteiger partial charge is 0.275 e. The van der Waals surface area contributed by atoms with Crippen LogP contribution in [0.1, 0.15) is 32.0 Å². The van der Waals surface area contributed by atoms with Gasteiger partial charge in [-0.2, -0.15) is 0 Å². The van der Waals surface area contributed by atoms with Crippen LogP contribution in [0, 0.1) is 13.8 Å². The van der Waals surface area contributed by atoms with Crippen LogP contribution >= 0.6 is 11.3 Å². The number of carbonyl (C=O) groups is 2. The van der Waals surface area contributed by atoms with Crippen LogP contribution < -0.4 is 16.4 Å². The molecule has 0 aliphatic carbocycles. The van der Waals surface area contributed by atoms with Crippen molar-refractivity contribution in [3.05, 3.63) is 70.2 Å². The molecule has 0 saturated carbocycles. The molecule has 0 radical (unpaired) electrons. The first-order chi connectivity index (χ1) is 12.4. The predicted molar refractivity (Wildman–Crippen MR) is 104 cm³/mol. The molecule has 3 aromatic rings. The molecule has 26 heavy (non-hydrogen) atoms. The predicted octanol–water partition coefficient (Wildman–Crippen LogP) is 3.85. The summed E-state index contributed by atoms with van der Waals surface area (Å²) in [4.78, 5) is 28.2. The molecule has 3 rings (SSSR count). The van der Waals surface area contributed by atoms with Crippen LogP contribution in [0.2, 0.25) is 0 Å². The highest BCUT2D eigenvalue weighted by Gasteiger charge is 2.15. The van der Waals surface area contributed by atoms with Crippen LogP contribution in [0.3, 0.4) is 0 Å². The van der Waals surface area contributed by atoms with Crippen molar-refractivity contribution in [2.75, 3.05) is 10.6 Å². The number of rotatable bonds is 5. The lowest BCUT2D eigenvalue weighted by molar-refractivity contribution is 0.100. The summed E-state index contributed by atoms with van der Waals surface area (Å²) in [5.41, 5.74) is 9.43. The summed E-state index contributed by atoms with van der Waals surface area (Å²) in [5.74, 6) is -1.000. The summed E-state index contributed by atoms with van der Waals surface area (Å²) in [5, 5.41) is 8.18. The molecule has 0 aliphatic rings. The van der Waals surface area contributed by atoms with Crippen LogP contribution in [0.25, 0.3) is 0 Å².